The van der Waals surface area contributed by atoms with Crippen molar-refractivity contribution in [1.82, 2.24) is 14.9 Å². The van der Waals surface area contributed by atoms with Crippen LogP contribution in [0.4, 0.5) is 11.6 Å². The maximum absolute atomic E-state index is 8.84. The minimum Gasteiger partial charge on any atom is -0.442 e. The van der Waals surface area contributed by atoms with Crippen molar-refractivity contribution in [3.63, 3.8) is 0 Å². The van der Waals surface area contributed by atoms with Gasteiger partial charge in [0, 0.05) is 30.7 Å². The molecule has 6 N–H and O–H groups in total. The van der Waals surface area contributed by atoms with E-state index in [0.717, 1.165) is 57.6 Å². The summed E-state index contributed by atoms with van der Waals surface area (Å²) in [6, 6.07) is 6.35. The topological polar surface area (TPSA) is 135 Å². The minimum absolute atomic E-state index is 0.122. The van der Waals surface area contributed by atoms with Gasteiger partial charge in [-0.1, -0.05) is 0 Å². The fourth-order valence-electron chi connectivity index (χ4n) is 4.68. The summed E-state index contributed by atoms with van der Waals surface area (Å²) >= 11 is 0. The van der Waals surface area contributed by atoms with Gasteiger partial charge in [-0.2, -0.15) is 0 Å². The van der Waals surface area contributed by atoms with Crippen LogP contribution in [0.5, 0.6) is 5.75 Å². The fraction of sp³-hybridized carbons (Fsp3) is 0.458. The van der Waals surface area contributed by atoms with Gasteiger partial charge in [-0.25, -0.2) is 9.97 Å². The highest BCUT2D eigenvalue weighted by Crippen LogP contribution is 2.29. The number of aromatic nitrogens is 2. The van der Waals surface area contributed by atoms with Crippen LogP contribution in [-0.2, 0) is 4.74 Å². The van der Waals surface area contributed by atoms with Gasteiger partial charge >= 0.3 is 0 Å². The van der Waals surface area contributed by atoms with Crippen LogP contribution < -0.4 is 21.5 Å². The number of anilines is 2. The molecule has 1 saturated heterocycles. The van der Waals surface area contributed by atoms with Gasteiger partial charge in [0.2, 0.25) is 0 Å². The number of nitrogens with zero attached hydrogens (tertiary/aromatic N) is 3. The standard InChI is InChI=1S/C24H33N7O2/c1-15-13-17(3-8-20(15)33-16(2)25)22(26)21-23(27)28-14-29-24(21)30-18-4-6-19(7-5-18)31-9-11-32-12-10-31/h3,8,13-14,18-19,26H,2,4-7,9-12,25H2,1H3,(H3,27,28,29,30). The second-order valence-electron chi connectivity index (χ2n) is 8.70. The van der Waals surface area contributed by atoms with Crippen LogP contribution in [0.1, 0.15) is 42.4 Å². The van der Waals surface area contributed by atoms with E-state index in [1.54, 1.807) is 12.1 Å². The molecule has 33 heavy (non-hydrogen) atoms. The van der Waals surface area contributed by atoms with E-state index in [1.165, 1.54) is 6.33 Å². The second-order valence-corrected chi connectivity index (χ2v) is 8.70. The van der Waals surface area contributed by atoms with E-state index < -0.39 is 0 Å². The molecule has 0 atom stereocenters. The quantitative estimate of drug-likeness (QED) is 0.373. The summed E-state index contributed by atoms with van der Waals surface area (Å²) < 4.78 is 10.9. The molecule has 0 spiro atoms. The molecule has 2 aromatic rings. The molecule has 1 saturated carbocycles. The van der Waals surface area contributed by atoms with Crippen LogP contribution >= 0.6 is 0 Å². The smallest absolute Gasteiger partial charge is 0.183 e. The summed E-state index contributed by atoms with van der Waals surface area (Å²) in [5.41, 5.74) is 14.1. The van der Waals surface area contributed by atoms with Crippen molar-refractivity contribution in [3.05, 3.63) is 53.7 Å². The highest BCUT2D eigenvalue weighted by Gasteiger charge is 2.28. The van der Waals surface area contributed by atoms with Crippen molar-refractivity contribution in [1.29, 1.82) is 5.41 Å². The average Bonchev–Trinajstić information content (AvgIpc) is 2.81. The Morgan fingerprint density at radius 2 is 1.94 bits per heavy atom. The zero-order valence-corrected chi connectivity index (χ0v) is 19.1. The number of benzene rings is 1. The van der Waals surface area contributed by atoms with Crippen molar-refractivity contribution in [2.24, 2.45) is 5.73 Å². The summed E-state index contributed by atoms with van der Waals surface area (Å²) in [5, 5.41) is 12.4. The maximum atomic E-state index is 8.84. The van der Waals surface area contributed by atoms with Gasteiger partial charge in [-0.15, -0.1) is 0 Å². The highest BCUT2D eigenvalue weighted by atomic mass is 16.5. The molecule has 0 bridgehead atoms. The Hall–Kier alpha value is -3.17. The van der Waals surface area contributed by atoms with Gasteiger partial charge in [-0.05, 0) is 62.9 Å². The Morgan fingerprint density at radius 3 is 2.61 bits per heavy atom. The molecular weight excluding hydrogens is 418 g/mol. The summed E-state index contributed by atoms with van der Waals surface area (Å²) in [7, 11) is 0. The molecule has 4 rings (SSSR count). The van der Waals surface area contributed by atoms with Crippen LogP contribution in [0, 0.1) is 12.3 Å². The molecule has 176 valence electrons. The fourth-order valence-corrected chi connectivity index (χ4v) is 4.68. The van der Waals surface area contributed by atoms with E-state index in [-0.39, 0.29) is 23.5 Å². The first kappa shape index (κ1) is 23.0. The van der Waals surface area contributed by atoms with Gasteiger partial charge in [0.15, 0.2) is 5.88 Å². The zero-order chi connectivity index (χ0) is 23.4. The Morgan fingerprint density at radius 1 is 1.21 bits per heavy atom. The third-order valence-corrected chi connectivity index (χ3v) is 6.43. The Labute approximate surface area is 194 Å². The SMILES string of the molecule is C=C(N)Oc1ccc(C(=N)c2c(N)ncnc2NC2CCC(N3CCOCC3)CC2)cc1C. The van der Waals surface area contributed by atoms with Crippen LogP contribution in [-0.4, -0.2) is 59.0 Å². The van der Waals surface area contributed by atoms with Gasteiger partial charge < -0.3 is 26.3 Å². The molecular formula is C24H33N7O2. The van der Waals surface area contributed by atoms with Gasteiger partial charge in [0.25, 0.3) is 0 Å². The molecule has 2 aliphatic rings. The normalized spacial score (nSPS) is 21.4. The molecule has 1 aromatic heterocycles. The first-order valence-electron chi connectivity index (χ1n) is 11.4. The predicted octanol–water partition coefficient (Wildman–Crippen LogP) is 2.65. The van der Waals surface area contributed by atoms with E-state index in [0.29, 0.717) is 28.7 Å². The molecule has 9 nitrogen and oxygen atoms in total. The van der Waals surface area contributed by atoms with Gasteiger partial charge in [-0.3, -0.25) is 10.3 Å². The van der Waals surface area contributed by atoms with E-state index in [1.807, 2.05) is 13.0 Å². The van der Waals surface area contributed by atoms with E-state index in [2.05, 4.69) is 26.8 Å². The minimum atomic E-state index is 0.122. The molecule has 0 unspecified atom stereocenters. The van der Waals surface area contributed by atoms with E-state index >= 15 is 0 Å². The highest BCUT2D eigenvalue weighted by molar-refractivity contribution is 6.16. The molecule has 1 aromatic carbocycles. The first-order valence-corrected chi connectivity index (χ1v) is 11.4. The van der Waals surface area contributed by atoms with E-state index in [9.17, 15) is 0 Å². The lowest BCUT2D eigenvalue weighted by Crippen LogP contribution is -2.46. The van der Waals surface area contributed by atoms with Crippen LogP contribution in [0.25, 0.3) is 0 Å². The third-order valence-electron chi connectivity index (χ3n) is 6.43. The number of hydrogen-bond donors (Lipinski definition) is 4. The van der Waals surface area contributed by atoms with Crippen LogP contribution in [0.15, 0.2) is 37.0 Å². The molecule has 1 aliphatic heterocycles. The summed E-state index contributed by atoms with van der Waals surface area (Å²) in [6.07, 6.45) is 5.82. The van der Waals surface area contributed by atoms with Crippen molar-refractivity contribution >= 4 is 17.3 Å². The molecule has 0 radical (unpaired) electrons. The summed E-state index contributed by atoms with van der Waals surface area (Å²) in [6.45, 7) is 9.17. The number of morpholine rings is 1. The number of hydrogen-bond acceptors (Lipinski definition) is 9. The second kappa shape index (κ2) is 10.2. The predicted molar refractivity (Wildman–Crippen MR) is 130 cm³/mol. The van der Waals surface area contributed by atoms with Crippen molar-refractivity contribution in [2.75, 3.05) is 37.4 Å². The molecule has 9 heteroatoms. The van der Waals surface area contributed by atoms with Crippen LogP contribution in [0.3, 0.4) is 0 Å². The number of rotatable bonds is 7. The Kier molecular flexibility index (Phi) is 7.10. The Balaban J connectivity index is 1.47. The first-order chi connectivity index (χ1) is 15.9. The molecule has 2 fully saturated rings. The molecule has 2 heterocycles. The number of ether oxygens (including phenoxy) is 2. The van der Waals surface area contributed by atoms with Gasteiger partial charge in [0.05, 0.1) is 24.5 Å². The lowest BCUT2D eigenvalue weighted by Gasteiger charge is -2.39. The zero-order valence-electron chi connectivity index (χ0n) is 19.1. The number of nitrogen functional groups attached to an aromatic ring is 1. The van der Waals surface area contributed by atoms with Crippen molar-refractivity contribution < 1.29 is 9.47 Å². The van der Waals surface area contributed by atoms with Crippen molar-refractivity contribution in [2.45, 2.75) is 44.7 Å². The van der Waals surface area contributed by atoms with Crippen LogP contribution in [0.2, 0.25) is 0 Å². The third kappa shape index (κ3) is 5.43. The molecule has 1 aliphatic carbocycles. The monoisotopic (exact) mass is 451 g/mol. The lowest BCUT2D eigenvalue weighted by atomic mass is 9.89. The van der Waals surface area contributed by atoms with Crippen molar-refractivity contribution in [3.8, 4) is 5.75 Å². The summed E-state index contributed by atoms with van der Waals surface area (Å²) in [4.78, 5) is 11.1. The largest absolute Gasteiger partial charge is 0.442 e. The maximum Gasteiger partial charge on any atom is 0.183 e. The van der Waals surface area contributed by atoms with Gasteiger partial charge in [0.1, 0.15) is 23.7 Å². The lowest BCUT2D eigenvalue weighted by molar-refractivity contribution is 0.00790. The summed E-state index contributed by atoms with van der Waals surface area (Å²) in [5.74, 6) is 1.62. The number of aryl methyl sites for hydroxylation is 1. The molecule has 0 amide bonds. The average molecular weight is 452 g/mol. The number of nitrogens with one attached hydrogen (secondary N) is 2. The number of nitrogens with two attached hydrogens (primary N) is 2. The van der Waals surface area contributed by atoms with E-state index in [4.69, 9.17) is 26.4 Å². The Bertz CT molecular complexity index is 1010.